The summed E-state index contributed by atoms with van der Waals surface area (Å²) in [6.45, 7) is 2.00. The zero-order chi connectivity index (χ0) is 10.5. The lowest BCUT2D eigenvalue weighted by Gasteiger charge is -2.36. The first kappa shape index (κ1) is 8.77. The molecular formula is C12H14N2O. The van der Waals surface area contributed by atoms with Crippen molar-refractivity contribution in [3.8, 4) is 0 Å². The topological polar surface area (TPSA) is 41.1 Å². The number of carbonyl (C=O) groups is 1. The summed E-state index contributed by atoms with van der Waals surface area (Å²) in [4.78, 5) is 12.0. The van der Waals surface area contributed by atoms with E-state index in [-0.39, 0.29) is 5.91 Å². The fourth-order valence-electron chi connectivity index (χ4n) is 2.24. The van der Waals surface area contributed by atoms with Crippen LogP contribution in [0, 0.1) is 5.92 Å². The van der Waals surface area contributed by atoms with Gasteiger partial charge in [-0.05, 0) is 37.8 Å². The van der Waals surface area contributed by atoms with E-state index in [9.17, 15) is 4.79 Å². The first-order valence-corrected chi connectivity index (χ1v) is 5.39. The summed E-state index contributed by atoms with van der Waals surface area (Å²) >= 11 is 0. The lowest BCUT2D eigenvalue weighted by atomic mass is 9.91. The minimum atomic E-state index is -0.408. The molecule has 0 spiro atoms. The molecule has 2 aliphatic rings. The molecule has 15 heavy (non-hydrogen) atoms. The minimum absolute atomic E-state index is 0.101. The minimum Gasteiger partial charge on any atom is -0.370 e. The molecule has 1 aliphatic heterocycles. The number of hydrogen-bond donors (Lipinski definition) is 2. The van der Waals surface area contributed by atoms with Crippen LogP contribution in [0.4, 0.5) is 11.4 Å². The van der Waals surface area contributed by atoms with Crippen molar-refractivity contribution < 1.29 is 4.79 Å². The molecule has 2 N–H and O–H groups in total. The van der Waals surface area contributed by atoms with Crippen molar-refractivity contribution in [3.05, 3.63) is 24.3 Å². The van der Waals surface area contributed by atoms with Crippen molar-refractivity contribution in [3.63, 3.8) is 0 Å². The normalized spacial score (nSPS) is 29.0. The highest BCUT2D eigenvalue weighted by Crippen LogP contribution is 2.45. The Morgan fingerprint density at radius 1 is 1.27 bits per heavy atom. The number of fused-ring (bicyclic) bond motifs is 1. The molecule has 1 aromatic carbocycles. The lowest BCUT2D eigenvalue weighted by molar-refractivity contribution is -0.120. The van der Waals surface area contributed by atoms with Crippen molar-refractivity contribution in [1.82, 2.24) is 0 Å². The standard InChI is InChI=1S/C12H14N2O/c1-12(8-6-7-8)11(15)13-9-4-2-3-5-10(9)14-12/h2-5,8,14H,6-7H2,1H3,(H,13,15). The number of para-hydroxylation sites is 2. The Hall–Kier alpha value is -1.51. The Morgan fingerprint density at radius 2 is 1.93 bits per heavy atom. The van der Waals surface area contributed by atoms with Crippen LogP contribution in [-0.4, -0.2) is 11.4 Å². The number of amides is 1. The molecule has 0 saturated heterocycles. The quantitative estimate of drug-likeness (QED) is 0.733. The van der Waals surface area contributed by atoms with Crippen molar-refractivity contribution in [2.24, 2.45) is 5.92 Å². The molecule has 78 valence electrons. The number of nitrogens with one attached hydrogen (secondary N) is 2. The molecule has 3 heteroatoms. The highest BCUT2D eigenvalue weighted by Gasteiger charge is 2.49. The van der Waals surface area contributed by atoms with E-state index < -0.39 is 5.54 Å². The Bertz CT molecular complexity index is 425. The second-order valence-electron chi connectivity index (χ2n) is 4.60. The Kier molecular flexibility index (Phi) is 1.61. The van der Waals surface area contributed by atoms with Gasteiger partial charge in [-0.25, -0.2) is 0 Å². The average molecular weight is 202 g/mol. The first-order chi connectivity index (χ1) is 7.20. The monoisotopic (exact) mass is 202 g/mol. The molecule has 1 fully saturated rings. The third kappa shape index (κ3) is 1.23. The van der Waals surface area contributed by atoms with Gasteiger partial charge in [-0.2, -0.15) is 0 Å². The van der Waals surface area contributed by atoms with Crippen molar-refractivity contribution in [2.45, 2.75) is 25.3 Å². The summed E-state index contributed by atoms with van der Waals surface area (Å²) < 4.78 is 0. The van der Waals surface area contributed by atoms with Crippen molar-refractivity contribution in [2.75, 3.05) is 10.6 Å². The molecule has 0 bridgehead atoms. The maximum atomic E-state index is 12.0. The summed E-state index contributed by atoms with van der Waals surface area (Å²) in [5, 5.41) is 6.34. The Morgan fingerprint density at radius 3 is 2.60 bits per heavy atom. The molecule has 3 nitrogen and oxygen atoms in total. The molecule has 1 heterocycles. The first-order valence-electron chi connectivity index (χ1n) is 5.39. The Balaban J connectivity index is 2.01. The van der Waals surface area contributed by atoms with E-state index in [0.29, 0.717) is 5.92 Å². The molecule has 1 saturated carbocycles. The SMILES string of the molecule is CC1(C2CC2)Nc2ccccc2NC1=O. The van der Waals surface area contributed by atoms with Crippen LogP contribution < -0.4 is 10.6 Å². The van der Waals surface area contributed by atoms with Crippen LogP contribution in [0.2, 0.25) is 0 Å². The van der Waals surface area contributed by atoms with Gasteiger partial charge in [0.15, 0.2) is 0 Å². The van der Waals surface area contributed by atoms with Gasteiger partial charge in [0.05, 0.1) is 11.4 Å². The summed E-state index contributed by atoms with van der Waals surface area (Å²) in [5.74, 6) is 0.592. The van der Waals surface area contributed by atoms with Crippen LogP contribution in [-0.2, 0) is 4.79 Å². The number of rotatable bonds is 1. The van der Waals surface area contributed by atoms with Gasteiger partial charge in [0.2, 0.25) is 5.91 Å². The second-order valence-corrected chi connectivity index (χ2v) is 4.60. The number of benzene rings is 1. The maximum absolute atomic E-state index is 12.0. The maximum Gasteiger partial charge on any atom is 0.250 e. The Labute approximate surface area is 88.9 Å². The van der Waals surface area contributed by atoms with Crippen LogP contribution in [0.3, 0.4) is 0 Å². The average Bonchev–Trinajstić information content (AvgIpc) is 3.03. The van der Waals surface area contributed by atoms with Crippen LogP contribution in [0.1, 0.15) is 19.8 Å². The van der Waals surface area contributed by atoms with E-state index in [1.807, 2.05) is 31.2 Å². The van der Waals surface area contributed by atoms with Gasteiger partial charge in [0, 0.05) is 0 Å². The van der Waals surface area contributed by atoms with E-state index in [1.54, 1.807) is 0 Å². The molecule has 0 radical (unpaired) electrons. The summed E-state index contributed by atoms with van der Waals surface area (Å²) in [7, 11) is 0. The van der Waals surface area contributed by atoms with Gasteiger partial charge in [0.25, 0.3) is 0 Å². The van der Waals surface area contributed by atoms with Gasteiger partial charge >= 0.3 is 0 Å². The van der Waals surface area contributed by atoms with E-state index in [4.69, 9.17) is 0 Å². The van der Waals surface area contributed by atoms with E-state index >= 15 is 0 Å². The fraction of sp³-hybridized carbons (Fsp3) is 0.417. The van der Waals surface area contributed by atoms with Gasteiger partial charge in [-0.1, -0.05) is 12.1 Å². The summed E-state index contributed by atoms with van der Waals surface area (Å²) in [6, 6.07) is 7.85. The molecule has 0 aromatic heterocycles. The third-order valence-corrected chi connectivity index (χ3v) is 3.44. The number of anilines is 2. The van der Waals surface area contributed by atoms with Gasteiger partial charge in [0.1, 0.15) is 5.54 Å². The van der Waals surface area contributed by atoms with Gasteiger partial charge < -0.3 is 10.6 Å². The number of carbonyl (C=O) groups excluding carboxylic acids is 1. The summed E-state index contributed by atoms with van der Waals surface area (Å²) in [6.07, 6.45) is 2.30. The van der Waals surface area contributed by atoms with E-state index in [0.717, 1.165) is 24.2 Å². The predicted molar refractivity (Wildman–Crippen MR) is 59.8 cm³/mol. The van der Waals surface area contributed by atoms with Gasteiger partial charge in [-0.15, -0.1) is 0 Å². The van der Waals surface area contributed by atoms with Gasteiger partial charge in [-0.3, -0.25) is 4.79 Å². The number of hydrogen-bond acceptors (Lipinski definition) is 2. The molecule has 1 aromatic rings. The molecule has 1 unspecified atom stereocenters. The highest BCUT2D eigenvalue weighted by atomic mass is 16.2. The van der Waals surface area contributed by atoms with Crippen molar-refractivity contribution in [1.29, 1.82) is 0 Å². The molecule has 1 aliphatic carbocycles. The highest BCUT2D eigenvalue weighted by molar-refractivity contribution is 6.06. The molecule has 1 amide bonds. The fourth-order valence-corrected chi connectivity index (χ4v) is 2.24. The second kappa shape index (κ2) is 2.75. The molecule has 1 atom stereocenters. The zero-order valence-corrected chi connectivity index (χ0v) is 8.71. The molecule has 3 rings (SSSR count). The zero-order valence-electron chi connectivity index (χ0n) is 8.71. The predicted octanol–water partition coefficient (Wildman–Crippen LogP) is 2.22. The van der Waals surface area contributed by atoms with Crippen molar-refractivity contribution >= 4 is 17.3 Å². The van der Waals surface area contributed by atoms with Crippen LogP contribution in [0.5, 0.6) is 0 Å². The van der Waals surface area contributed by atoms with E-state index in [1.165, 1.54) is 0 Å². The third-order valence-electron chi connectivity index (χ3n) is 3.44. The van der Waals surface area contributed by atoms with Crippen LogP contribution in [0.25, 0.3) is 0 Å². The van der Waals surface area contributed by atoms with Crippen LogP contribution in [0.15, 0.2) is 24.3 Å². The largest absolute Gasteiger partial charge is 0.370 e. The smallest absolute Gasteiger partial charge is 0.250 e. The lowest BCUT2D eigenvalue weighted by Crippen LogP contribution is -2.51. The van der Waals surface area contributed by atoms with E-state index in [2.05, 4.69) is 10.6 Å². The van der Waals surface area contributed by atoms with Crippen LogP contribution >= 0.6 is 0 Å². The molecular weight excluding hydrogens is 188 g/mol. The summed E-state index contributed by atoms with van der Waals surface area (Å²) in [5.41, 5.74) is 1.51.